The van der Waals surface area contributed by atoms with Gasteiger partial charge in [-0.25, -0.2) is 4.79 Å². The molecule has 1 aliphatic rings. The minimum Gasteiger partial charge on any atom is -0.448 e. The number of nitrogens with one attached hydrogen (secondary N) is 1. The average Bonchev–Trinajstić information content (AvgIpc) is 2.40. The van der Waals surface area contributed by atoms with E-state index >= 15 is 0 Å². The Labute approximate surface area is 114 Å². The molecule has 6 nitrogen and oxygen atoms in total. The number of amides is 1. The number of aliphatic hydroxyl groups is 2. The molecule has 1 saturated carbocycles. The standard InChI is InChI=1S/C13H26N2O4/c16-9-6-15(7-10-17)8-11-19-13(18)14-12-4-2-1-3-5-12/h12,16-17H,1-11H2,(H,14,18). The third-order valence-corrected chi connectivity index (χ3v) is 3.40. The smallest absolute Gasteiger partial charge is 0.407 e. The number of carbonyl (C=O) groups is 1. The number of alkyl carbamates (subject to hydrolysis) is 1. The Hall–Kier alpha value is -0.850. The van der Waals surface area contributed by atoms with Crippen molar-refractivity contribution in [2.45, 2.75) is 38.1 Å². The van der Waals surface area contributed by atoms with Gasteiger partial charge in [-0.05, 0) is 12.8 Å². The fourth-order valence-electron chi connectivity index (χ4n) is 2.34. The number of aliphatic hydroxyl groups excluding tert-OH is 2. The minimum atomic E-state index is -0.361. The van der Waals surface area contributed by atoms with Crippen molar-refractivity contribution < 1.29 is 19.7 Å². The number of rotatable bonds is 8. The maximum atomic E-state index is 11.6. The van der Waals surface area contributed by atoms with E-state index in [4.69, 9.17) is 14.9 Å². The minimum absolute atomic E-state index is 0.0360. The molecule has 0 heterocycles. The zero-order chi connectivity index (χ0) is 13.9. The Bertz CT molecular complexity index is 239. The van der Waals surface area contributed by atoms with Crippen molar-refractivity contribution in [1.29, 1.82) is 0 Å². The van der Waals surface area contributed by atoms with Gasteiger partial charge in [0.25, 0.3) is 0 Å². The first-order valence-electron chi connectivity index (χ1n) is 7.13. The quantitative estimate of drug-likeness (QED) is 0.594. The van der Waals surface area contributed by atoms with Crippen LogP contribution in [0.25, 0.3) is 0 Å². The first-order valence-corrected chi connectivity index (χ1v) is 7.13. The monoisotopic (exact) mass is 274 g/mol. The summed E-state index contributed by atoms with van der Waals surface area (Å²) in [4.78, 5) is 13.4. The van der Waals surface area contributed by atoms with Crippen LogP contribution in [0.1, 0.15) is 32.1 Å². The van der Waals surface area contributed by atoms with Crippen LogP contribution in [-0.2, 0) is 4.74 Å². The number of carbonyl (C=O) groups excluding carboxylic acids is 1. The van der Waals surface area contributed by atoms with Gasteiger partial charge in [-0.15, -0.1) is 0 Å². The van der Waals surface area contributed by atoms with E-state index in [9.17, 15) is 4.79 Å². The molecule has 0 aromatic carbocycles. The Balaban J connectivity index is 2.10. The van der Waals surface area contributed by atoms with Crippen LogP contribution in [0.2, 0.25) is 0 Å². The lowest BCUT2D eigenvalue weighted by Crippen LogP contribution is -2.38. The maximum Gasteiger partial charge on any atom is 0.407 e. The summed E-state index contributed by atoms with van der Waals surface area (Å²) in [6.07, 6.45) is 5.31. The Kier molecular flexibility index (Phi) is 8.53. The normalized spacial score (nSPS) is 16.6. The lowest BCUT2D eigenvalue weighted by molar-refractivity contribution is 0.106. The lowest BCUT2D eigenvalue weighted by atomic mass is 9.96. The molecule has 19 heavy (non-hydrogen) atoms. The molecule has 1 aliphatic carbocycles. The SMILES string of the molecule is O=C(NC1CCCCC1)OCCN(CCO)CCO. The van der Waals surface area contributed by atoms with Crippen LogP contribution in [0.3, 0.4) is 0 Å². The van der Waals surface area contributed by atoms with Crippen LogP contribution >= 0.6 is 0 Å². The molecule has 3 N–H and O–H groups in total. The van der Waals surface area contributed by atoms with Crippen molar-refractivity contribution in [2.75, 3.05) is 39.5 Å². The summed E-state index contributed by atoms with van der Waals surface area (Å²) in [7, 11) is 0. The van der Waals surface area contributed by atoms with E-state index in [-0.39, 0.29) is 32.0 Å². The summed E-state index contributed by atoms with van der Waals surface area (Å²) < 4.78 is 5.11. The number of ether oxygens (including phenoxy) is 1. The molecule has 1 fully saturated rings. The van der Waals surface area contributed by atoms with Crippen LogP contribution in [0.15, 0.2) is 0 Å². The molecule has 0 spiro atoms. The van der Waals surface area contributed by atoms with Gasteiger partial charge in [0.15, 0.2) is 0 Å². The second-order valence-corrected chi connectivity index (χ2v) is 4.90. The van der Waals surface area contributed by atoms with Gasteiger partial charge in [-0.2, -0.15) is 0 Å². The summed E-state index contributed by atoms with van der Waals surface area (Å²) in [5.41, 5.74) is 0. The van der Waals surface area contributed by atoms with E-state index in [1.807, 2.05) is 4.90 Å². The van der Waals surface area contributed by atoms with Crippen molar-refractivity contribution in [1.82, 2.24) is 10.2 Å². The second kappa shape index (κ2) is 10.00. The molecule has 1 amide bonds. The highest BCUT2D eigenvalue weighted by Crippen LogP contribution is 2.17. The molecule has 0 atom stereocenters. The zero-order valence-electron chi connectivity index (χ0n) is 11.5. The van der Waals surface area contributed by atoms with E-state index in [0.29, 0.717) is 19.6 Å². The van der Waals surface area contributed by atoms with Crippen LogP contribution in [0.5, 0.6) is 0 Å². The van der Waals surface area contributed by atoms with Gasteiger partial charge in [-0.1, -0.05) is 19.3 Å². The molecule has 0 aromatic heterocycles. The van der Waals surface area contributed by atoms with Gasteiger partial charge in [0.2, 0.25) is 0 Å². The van der Waals surface area contributed by atoms with E-state index in [1.165, 1.54) is 19.3 Å². The summed E-state index contributed by atoms with van der Waals surface area (Å²) in [6.45, 7) is 1.84. The molecule has 0 aliphatic heterocycles. The van der Waals surface area contributed by atoms with Crippen LogP contribution < -0.4 is 5.32 Å². The fraction of sp³-hybridized carbons (Fsp3) is 0.923. The van der Waals surface area contributed by atoms with Crippen LogP contribution in [-0.4, -0.2) is 66.7 Å². The molecule has 0 saturated heterocycles. The predicted octanol–water partition coefficient (Wildman–Crippen LogP) is 0.332. The Morgan fingerprint density at radius 1 is 1.11 bits per heavy atom. The van der Waals surface area contributed by atoms with E-state index in [1.54, 1.807) is 0 Å². The molecular formula is C13H26N2O4. The highest BCUT2D eigenvalue weighted by Gasteiger charge is 2.16. The number of hydrogen-bond donors (Lipinski definition) is 3. The van der Waals surface area contributed by atoms with Gasteiger partial charge < -0.3 is 20.3 Å². The first kappa shape index (κ1) is 16.2. The molecule has 112 valence electrons. The van der Waals surface area contributed by atoms with Gasteiger partial charge in [0.1, 0.15) is 6.61 Å². The van der Waals surface area contributed by atoms with Crippen LogP contribution in [0, 0.1) is 0 Å². The first-order chi connectivity index (χ1) is 9.26. The highest BCUT2D eigenvalue weighted by atomic mass is 16.5. The third kappa shape index (κ3) is 7.34. The van der Waals surface area contributed by atoms with Crippen molar-refractivity contribution >= 4 is 6.09 Å². The van der Waals surface area contributed by atoms with Gasteiger partial charge in [0.05, 0.1) is 13.2 Å². The average molecular weight is 274 g/mol. The molecular weight excluding hydrogens is 248 g/mol. The summed E-state index contributed by atoms with van der Waals surface area (Å²) in [5.74, 6) is 0. The molecule has 0 bridgehead atoms. The highest BCUT2D eigenvalue weighted by molar-refractivity contribution is 5.67. The summed E-state index contributed by atoms with van der Waals surface area (Å²) in [6, 6.07) is 0.257. The predicted molar refractivity (Wildman–Crippen MR) is 72.0 cm³/mol. The molecule has 0 aromatic rings. The summed E-state index contributed by atoms with van der Waals surface area (Å²) in [5, 5.41) is 20.6. The van der Waals surface area contributed by atoms with E-state index < -0.39 is 0 Å². The van der Waals surface area contributed by atoms with E-state index in [2.05, 4.69) is 5.32 Å². The van der Waals surface area contributed by atoms with Crippen molar-refractivity contribution in [3.05, 3.63) is 0 Å². The zero-order valence-corrected chi connectivity index (χ0v) is 11.5. The molecule has 1 rings (SSSR count). The third-order valence-electron chi connectivity index (χ3n) is 3.40. The maximum absolute atomic E-state index is 11.6. The lowest BCUT2D eigenvalue weighted by Gasteiger charge is -2.23. The van der Waals surface area contributed by atoms with Crippen molar-refractivity contribution in [3.63, 3.8) is 0 Å². The molecule has 0 unspecified atom stereocenters. The van der Waals surface area contributed by atoms with Crippen molar-refractivity contribution in [3.8, 4) is 0 Å². The van der Waals surface area contributed by atoms with Crippen molar-refractivity contribution in [2.24, 2.45) is 0 Å². The van der Waals surface area contributed by atoms with E-state index in [0.717, 1.165) is 12.8 Å². The molecule has 0 radical (unpaired) electrons. The fourth-order valence-corrected chi connectivity index (χ4v) is 2.34. The number of hydrogen-bond acceptors (Lipinski definition) is 5. The summed E-state index contributed by atoms with van der Waals surface area (Å²) >= 11 is 0. The second-order valence-electron chi connectivity index (χ2n) is 4.90. The number of nitrogens with zero attached hydrogens (tertiary/aromatic N) is 1. The van der Waals surface area contributed by atoms with Gasteiger partial charge >= 0.3 is 6.09 Å². The Morgan fingerprint density at radius 2 is 1.74 bits per heavy atom. The topological polar surface area (TPSA) is 82.0 Å². The Morgan fingerprint density at radius 3 is 2.32 bits per heavy atom. The van der Waals surface area contributed by atoms with Gasteiger partial charge in [-0.3, -0.25) is 4.90 Å². The van der Waals surface area contributed by atoms with Crippen LogP contribution in [0.4, 0.5) is 4.79 Å². The largest absolute Gasteiger partial charge is 0.448 e. The molecule has 6 heteroatoms. The van der Waals surface area contributed by atoms with Gasteiger partial charge in [0, 0.05) is 25.7 Å².